The van der Waals surface area contributed by atoms with Crippen molar-refractivity contribution in [3.8, 4) is 5.75 Å². The maximum atomic E-state index is 10.6. The second-order valence-electron chi connectivity index (χ2n) is 2.15. The first kappa shape index (κ1) is 9.06. The van der Waals surface area contributed by atoms with Crippen LogP contribution in [0, 0.1) is 0 Å². The summed E-state index contributed by atoms with van der Waals surface area (Å²) < 4.78 is 5.43. The molecular formula is C8H7BrO3. The Morgan fingerprint density at radius 3 is 2.67 bits per heavy atom. The molecule has 3 nitrogen and oxygen atoms in total. The molecule has 0 saturated carbocycles. The van der Waals surface area contributed by atoms with Gasteiger partial charge in [-0.1, -0.05) is 0 Å². The van der Waals surface area contributed by atoms with Crippen LogP contribution >= 0.6 is 15.9 Å². The van der Waals surface area contributed by atoms with E-state index in [0.717, 1.165) is 0 Å². The number of carboxylic acid groups (broad SMARTS) is 1. The number of methoxy groups -OCH3 is 1. The molecule has 0 aliphatic rings. The van der Waals surface area contributed by atoms with Crippen LogP contribution in [0.3, 0.4) is 0 Å². The summed E-state index contributed by atoms with van der Waals surface area (Å²) in [7, 11) is 1.53. The maximum Gasteiger partial charge on any atom is 0.336 e. The van der Waals surface area contributed by atoms with E-state index in [4.69, 9.17) is 9.84 Å². The summed E-state index contributed by atoms with van der Waals surface area (Å²) in [5.41, 5.74) is 0.232. The lowest BCUT2D eigenvalue weighted by Crippen LogP contribution is -1.97. The molecule has 0 saturated heterocycles. The summed E-state index contributed by atoms with van der Waals surface area (Å²) in [5, 5.41) is 8.66. The number of hydrogen-bond acceptors (Lipinski definition) is 2. The van der Waals surface area contributed by atoms with Crippen molar-refractivity contribution in [3.05, 3.63) is 28.2 Å². The molecule has 0 fully saturated rings. The Balaban J connectivity index is 3.12. The van der Waals surface area contributed by atoms with Gasteiger partial charge in [0.2, 0.25) is 0 Å². The lowest BCUT2D eigenvalue weighted by atomic mass is 10.2. The normalized spacial score (nSPS) is 9.50. The van der Waals surface area contributed by atoms with Gasteiger partial charge in [-0.2, -0.15) is 0 Å². The van der Waals surface area contributed by atoms with Crippen molar-refractivity contribution in [2.75, 3.05) is 7.11 Å². The van der Waals surface area contributed by atoms with E-state index in [1.54, 1.807) is 12.1 Å². The molecule has 0 aliphatic heterocycles. The summed E-state index contributed by atoms with van der Waals surface area (Å²) in [6.45, 7) is 0. The second-order valence-corrected chi connectivity index (χ2v) is 3.01. The average Bonchev–Trinajstić information content (AvgIpc) is 2.03. The topological polar surface area (TPSA) is 46.5 Å². The smallest absolute Gasteiger partial charge is 0.336 e. The number of hydrogen-bond donors (Lipinski definition) is 1. The molecule has 0 amide bonds. The summed E-state index contributed by atoms with van der Waals surface area (Å²) in [6.07, 6.45) is 0. The van der Waals surface area contributed by atoms with E-state index in [1.165, 1.54) is 13.2 Å². The number of carbonyl (C=O) groups is 1. The monoisotopic (exact) mass is 230 g/mol. The molecule has 0 radical (unpaired) electrons. The van der Waals surface area contributed by atoms with Crippen LogP contribution in [0.1, 0.15) is 10.4 Å². The fourth-order valence-corrected chi connectivity index (χ4v) is 1.32. The molecule has 1 rings (SSSR count). The minimum absolute atomic E-state index is 0.232. The fraction of sp³-hybridized carbons (Fsp3) is 0.125. The minimum Gasteiger partial charge on any atom is -0.497 e. The molecule has 0 atom stereocenters. The van der Waals surface area contributed by atoms with Crippen LogP contribution in [0.2, 0.25) is 0 Å². The summed E-state index contributed by atoms with van der Waals surface area (Å²) in [5.74, 6) is -0.323. The molecule has 0 bridgehead atoms. The van der Waals surface area contributed by atoms with Gasteiger partial charge >= 0.3 is 5.97 Å². The fourth-order valence-electron chi connectivity index (χ4n) is 0.796. The molecule has 0 unspecified atom stereocenters. The van der Waals surface area contributed by atoms with Gasteiger partial charge < -0.3 is 9.84 Å². The van der Waals surface area contributed by atoms with Crippen LogP contribution in [-0.4, -0.2) is 18.2 Å². The quantitative estimate of drug-likeness (QED) is 0.848. The Hall–Kier alpha value is -1.03. The molecule has 0 heterocycles. The zero-order valence-electron chi connectivity index (χ0n) is 6.37. The zero-order valence-corrected chi connectivity index (χ0v) is 7.96. The number of benzene rings is 1. The Bertz CT molecular complexity index is 309. The molecule has 0 spiro atoms. The number of halogens is 1. The van der Waals surface area contributed by atoms with Crippen molar-refractivity contribution in [1.29, 1.82) is 0 Å². The molecular weight excluding hydrogens is 224 g/mol. The largest absolute Gasteiger partial charge is 0.497 e. The van der Waals surface area contributed by atoms with Crippen LogP contribution in [-0.2, 0) is 0 Å². The number of carboxylic acids is 1. The average molecular weight is 231 g/mol. The molecule has 4 heteroatoms. The van der Waals surface area contributed by atoms with E-state index in [0.29, 0.717) is 10.2 Å². The van der Waals surface area contributed by atoms with Gasteiger partial charge in [0.05, 0.1) is 12.7 Å². The standard InChI is InChI=1S/C8H7BrO3/c1-12-5-2-3-6(8(10)11)7(9)4-5/h2-4H,1H3,(H,10,11). The highest BCUT2D eigenvalue weighted by Gasteiger charge is 2.07. The highest BCUT2D eigenvalue weighted by molar-refractivity contribution is 9.10. The van der Waals surface area contributed by atoms with Crippen LogP contribution < -0.4 is 4.74 Å². The molecule has 1 N–H and O–H groups in total. The number of aromatic carboxylic acids is 1. The Morgan fingerprint density at radius 2 is 2.25 bits per heavy atom. The third kappa shape index (κ3) is 1.76. The van der Waals surface area contributed by atoms with Gasteiger partial charge in [-0.05, 0) is 34.1 Å². The van der Waals surface area contributed by atoms with E-state index in [-0.39, 0.29) is 5.56 Å². The lowest BCUT2D eigenvalue weighted by Gasteiger charge is -2.02. The molecule has 64 valence electrons. The summed E-state index contributed by atoms with van der Waals surface area (Å²) in [6, 6.07) is 4.71. The van der Waals surface area contributed by atoms with Gasteiger partial charge in [0.15, 0.2) is 0 Å². The maximum absolute atomic E-state index is 10.6. The minimum atomic E-state index is -0.954. The van der Waals surface area contributed by atoms with Gasteiger partial charge in [0.1, 0.15) is 5.75 Å². The van der Waals surface area contributed by atoms with Crippen LogP contribution in [0.25, 0.3) is 0 Å². The first-order valence-electron chi connectivity index (χ1n) is 3.22. The molecule has 0 aromatic heterocycles. The van der Waals surface area contributed by atoms with Crippen LogP contribution in [0.15, 0.2) is 22.7 Å². The van der Waals surface area contributed by atoms with E-state index >= 15 is 0 Å². The van der Waals surface area contributed by atoms with Gasteiger partial charge in [0.25, 0.3) is 0 Å². The van der Waals surface area contributed by atoms with Crippen molar-refractivity contribution in [2.45, 2.75) is 0 Å². The molecule has 1 aromatic rings. The second kappa shape index (κ2) is 3.58. The third-order valence-corrected chi connectivity index (χ3v) is 2.06. The first-order chi connectivity index (χ1) is 5.65. The predicted molar refractivity (Wildman–Crippen MR) is 47.7 cm³/mol. The van der Waals surface area contributed by atoms with Crippen LogP contribution in [0.5, 0.6) is 5.75 Å². The van der Waals surface area contributed by atoms with E-state index in [2.05, 4.69) is 15.9 Å². The van der Waals surface area contributed by atoms with Crippen molar-refractivity contribution < 1.29 is 14.6 Å². The number of ether oxygens (including phenoxy) is 1. The SMILES string of the molecule is COc1ccc(C(=O)O)c(Br)c1. The van der Waals surface area contributed by atoms with Crippen molar-refractivity contribution in [2.24, 2.45) is 0 Å². The van der Waals surface area contributed by atoms with Crippen molar-refractivity contribution in [1.82, 2.24) is 0 Å². The van der Waals surface area contributed by atoms with E-state index in [1.807, 2.05) is 0 Å². The van der Waals surface area contributed by atoms with Crippen molar-refractivity contribution in [3.63, 3.8) is 0 Å². The van der Waals surface area contributed by atoms with Crippen molar-refractivity contribution >= 4 is 21.9 Å². The third-order valence-electron chi connectivity index (χ3n) is 1.41. The lowest BCUT2D eigenvalue weighted by molar-refractivity contribution is 0.0696. The summed E-state index contributed by atoms with van der Waals surface area (Å²) >= 11 is 3.13. The van der Waals surface area contributed by atoms with Gasteiger partial charge in [-0.15, -0.1) is 0 Å². The van der Waals surface area contributed by atoms with E-state index < -0.39 is 5.97 Å². The van der Waals surface area contributed by atoms with E-state index in [9.17, 15) is 4.79 Å². The molecule has 0 aliphatic carbocycles. The predicted octanol–water partition coefficient (Wildman–Crippen LogP) is 2.16. The first-order valence-corrected chi connectivity index (χ1v) is 4.01. The number of rotatable bonds is 2. The van der Waals surface area contributed by atoms with Gasteiger partial charge in [0, 0.05) is 4.47 Å². The Morgan fingerprint density at radius 1 is 1.58 bits per heavy atom. The Labute approximate surface area is 78.1 Å². The Kier molecular flexibility index (Phi) is 2.70. The highest BCUT2D eigenvalue weighted by atomic mass is 79.9. The molecule has 12 heavy (non-hydrogen) atoms. The highest BCUT2D eigenvalue weighted by Crippen LogP contribution is 2.22. The van der Waals surface area contributed by atoms with Gasteiger partial charge in [-0.3, -0.25) is 0 Å². The molecule has 1 aromatic carbocycles. The van der Waals surface area contributed by atoms with Gasteiger partial charge in [-0.25, -0.2) is 4.79 Å². The van der Waals surface area contributed by atoms with Crippen LogP contribution in [0.4, 0.5) is 0 Å². The summed E-state index contributed by atoms with van der Waals surface area (Å²) in [4.78, 5) is 10.6. The zero-order chi connectivity index (χ0) is 9.14.